The Balaban J connectivity index is 1.54. The smallest absolute Gasteiger partial charge is 0.288 e. The maximum Gasteiger partial charge on any atom is 0.288 e. The summed E-state index contributed by atoms with van der Waals surface area (Å²) in [4.78, 5) is 15.4. The minimum atomic E-state index is -0.585. The number of likely N-dealkylation sites (N-methyl/N-ethyl adjacent to an activating group) is 1. The van der Waals surface area contributed by atoms with E-state index in [1.165, 1.54) is 6.42 Å². The molecule has 0 radical (unpaired) electrons. The average molecular weight is 520 g/mol. The van der Waals surface area contributed by atoms with Gasteiger partial charge in [0.2, 0.25) is 13.1 Å². The zero-order chi connectivity index (χ0) is 26.0. The Hall–Kier alpha value is -2.33. The van der Waals surface area contributed by atoms with Crippen LogP contribution in [0.2, 0.25) is 0 Å². The lowest BCUT2D eigenvalue weighted by Gasteiger charge is -2.39. The molecule has 1 saturated carbocycles. The van der Waals surface area contributed by atoms with E-state index in [4.69, 9.17) is 33.5 Å². The van der Waals surface area contributed by atoms with Gasteiger partial charge in [0.15, 0.2) is 17.3 Å². The number of aliphatic hydroxyl groups excluding tert-OH is 1. The van der Waals surface area contributed by atoms with Crippen molar-refractivity contribution in [2.75, 3.05) is 53.5 Å². The molecule has 206 valence electrons. The first-order chi connectivity index (χ1) is 18.1. The number of rotatable bonds is 13. The molecule has 2 aliphatic heterocycles. The lowest BCUT2D eigenvalue weighted by atomic mass is 9.81. The molecule has 0 saturated heterocycles. The molecule has 2 heterocycles. The third kappa shape index (κ3) is 7.16. The molecule has 3 atom stereocenters. The number of allylic oxidation sites excluding steroid dienone is 1. The summed E-state index contributed by atoms with van der Waals surface area (Å²) >= 11 is 0. The second-order valence-corrected chi connectivity index (χ2v) is 9.72. The van der Waals surface area contributed by atoms with Gasteiger partial charge in [-0.2, -0.15) is 0 Å². The standard InChI is InChI=1S/C28H41NO8/c1-3-34-28-22(11-13-32-15-16-33-14-12-30)23(20-9-10-24-25(17-20)36-19-35-24)18-26(37-28)27(31)29(2)21-7-5-4-6-8-21/h9-10,17-18,21-23,28,30H,3-8,11-16,19H2,1-2H3/t22-,23-,28-/m1/s1. The minimum Gasteiger partial charge on any atom is -0.459 e. The van der Waals surface area contributed by atoms with Crippen LogP contribution in [0.1, 0.15) is 56.9 Å². The molecule has 1 aliphatic carbocycles. The van der Waals surface area contributed by atoms with Crippen molar-refractivity contribution in [3.8, 4) is 11.5 Å². The van der Waals surface area contributed by atoms with E-state index in [0.717, 1.165) is 37.0 Å². The summed E-state index contributed by atoms with van der Waals surface area (Å²) in [7, 11) is 1.88. The summed E-state index contributed by atoms with van der Waals surface area (Å²) in [5.74, 6) is 1.45. The summed E-state index contributed by atoms with van der Waals surface area (Å²) < 4.78 is 34.5. The third-order valence-electron chi connectivity index (χ3n) is 7.35. The van der Waals surface area contributed by atoms with Crippen molar-refractivity contribution in [2.45, 2.75) is 63.7 Å². The van der Waals surface area contributed by atoms with E-state index in [2.05, 4.69) is 0 Å². The first-order valence-corrected chi connectivity index (χ1v) is 13.6. The highest BCUT2D eigenvalue weighted by molar-refractivity contribution is 5.92. The molecule has 0 bridgehead atoms. The van der Waals surface area contributed by atoms with Crippen LogP contribution in [0.5, 0.6) is 11.5 Å². The first kappa shape index (κ1) is 27.7. The van der Waals surface area contributed by atoms with Crippen molar-refractivity contribution in [2.24, 2.45) is 5.92 Å². The number of carbonyl (C=O) groups excluding carboxylic acids is 1. The van der Waals surface area contributed by atoms with Gasteiger partial charge in [0, 0.05) is 38.1 Å². The molecule has 3 aliphatic rings. The zero-order valence-electron chi connectivity index (χ0n) is 22.1. The highest BCUT2D eigenvalue weighted by Crippen LogP contribution is 2.43. The largest absolute Gasteiger partial charge is 0.459 e. The summed E-state index contributed by atoms with van der Waals surface area (Å²) in [6.45, 7) is 4.24. The molecule has 0 spiro atoms. The molecular weight excluding hydrogens is 478 g/mol. The molecule has 1 N–H and O–H groups in total. The van der Waals surface area contributed by atoms with Gasteiger partial charge in [0.1, 0.15) is 0 Å². The molecular formula is C28H41NO8. The number of hydrogen-bond donors (Lipinski definition) is 1. The van der Waals surface area contributed by atoms with Gasteiger partial charge in [-0.1, -0.05) is 25.3 Å². The number of aliphatic hydroxyl groups is 1. The van der Waals surface area contributed by atoms with Crippen LogP contribution in [0.15, 0.2) is 30.0 Å². The number of carbonyl (C=O) groups is 1. The molecule has 1 fully saturated rings. The zero-order valence-corrected chi connectivity index (χ0v) is 22.1. The Bertz CT molecular complexity index is 900. The number of hydrogen-bond acceptors (Lipinski definition) is 8. The van der Waals surface area contributed by atoms with Crippen LogP contribution < -0.4 is 9.47 Å². The van der Waals surface area contributed by atoms with Gasteiger partial charge < -0.3 is 38.4 Å². The number of fused-ring (bicyclic) bond motifs is 1. The normalized spacial score (nSPS) is 23.4. The van der Waals surface area contributed by atoms with Crippen LogP contribution in [-0.4, -0.2) is 81.7 Å². The Labute approximate surface area is 219 Å². The molecule has 9 nitrogen and oxygen atoms in total. The van der Waals surface area contributed by atoms with E-state index in [9.17, 15) is 4.79 Å². The topological polar surface area (TPSA) is 95.9 Å². The van der Waals surface area contributed by atoms with E-state index in [0.29, 0.717) is 51.0 Å². The summed E-state index contributed by atoms with van der Waals surface area (Å²) in [6, 6.07) is 6.16. The highest BCUT2D eigenvalue weighted by Gasteiger charge is 2.40. The fourth-order valence-corrected chi connectivity index (χ4v) is 5.34. The fourth-order valence-electron chi connectivity index (χ4n) is 5.34. The van der Waals surface area contributed by atoms with Crippen LogP contribution >= 0.6 is 0 Å². The minimum absolute atomic E-state index is 0.00398. The molecule has 4 rings (SSSR count). The van der Waals surface area contributed by atoms with Crippen LogP contribution in [0.25, 0.3) is 0 Å². The maximum atomic E-state index is 13.6. The monoisotopic (exact) mass is 519 g/mol. The molecule has 1 aromatic carbocycles. The van der Waals surface area contributed by atoms with Crippen LogP contribution in [0, 0.1) is 5.92 Å². The lowest BCUT2D eigenvalue weighted by molar-refractivity contribution is -0.172. The Morgan fingerprint density at radius 2 is 1.81 bits per heavy atom. The van der Waals surface area contributed by atoms with E-state index in [1.807, 2.05) is 43.1 Å². The van der Waals surface area contributed by atoms with Crippen molar-refractivity contribution in [3.05, 3.63) is 35.6 Å². The van der Waals surface area contributed by atoms with Crippen molar-refractivity contribution in [1.82, 2.24) is 4.90 Å². The van der Waals surface area contributed by atoms with Crippen LogP contribution in [0.3, 0.4) is 0 Å². The maximum absolute atomic E-state index is 13.6. The van der Waals surface area contributed by atoms with Gasteiger partial charge in [-0.3, -0.25) is 4.79 Å². The van der Waals surface area contributed by atoms with Crippen molar-refractivity contribution < 1.29 is 38.3 Å². The Morgan fingerprint density at radius 1 is 1.05 bits per heavy atom. The lowest BCUT2D eigenvalue weighted by Crippen LogP contribution is -2.43. The third-order valence-corrected chi connectivity index (χ3v) is 7.35. The second kappa shape index (κ2) is 14.0. The number of benzene rings is 1. The second-order valence-electron chi connectivity index (χ2n) is 9.72. The summed E-state index contributed by atoms with van der Waals surface area (Å²) in [6.07, 6.45) is 7.61. The Kier molecular flexibility index (Phi) is 10.5. The molecule has 0 aromatic heterocycles. The van der Waals surface area contributed by atoms with E-state index < -0.39 is 6.29 Å². The number of ether oxygens (including phenoxy) is 6. The van der Waals surface area contributed by atoms with Gasteiger partial charge in [0.05, 0.1) is 26.4 Å². The first-order valence-electron chi connectivity index (χ1n) is 13.6. The molecule has 1 aromatic rings. The van der Waals surface area contributed by atoms with Gasteiger partial charge in [-0.15, -0.1) is 0 Å². The van der Waals surface area contributed by atoms with Gasteiger partial charge in [-0.05, 0) is 50.0 Å². The molecule has 37 heavy (non-hydrogen) atoms. The highest BCUT2D eigenvalue weighted by atomic mass is 16.7. The summed E-state index contributed by atoms with van der Waals surface area (Å²) in [5, 5.41) is 8.84. The predicted octanol–water partition coefficient (Wildman–Crippen LogP) is 3.60. The Morgan fingerprint density at radius 3 is 2.57 bits per heavy atom. The van der Waals surface area contributed by atoms with E-state index in [1.54, 1.807) is 0 Å². The van der Waals surface area contributed by atoms with E-state index >= 15 is 0 Å². The predicted molar refractivity (Wildman–Crippen MR) is 136 cm³/mol. The summed E-state index contributed by atoms with van der Waals surface area (Å²) in [5.41, 5.74) is 1.01. The number of amides is 1. The van der Waals surface area contributed by atoms with Gasteiger partial charge in [-0.25, -0.2) is 0 Å². The number of nitrogens with zero attached hydrogens (tertiary/aromatic N) is 1. The van der Waals surface area contributed by atoms with Gasteiger partial charge >= 0.3 is 0 Å². The molecule has 1 amide bonds. The SMILES string of the molecule is CCO[C@@H]1OC(C(=O)N(C)C2CCCCC2)=C[C@H](c2ccc3c(c2)OCO3)[C@H]1CCOCCOCCO. The van der Waals surface area contributed by atoms with Crippen molar-refractivity contribution >= 4 is 5.91 Å². The van der Waals surface area contributed by atoms with Crippen molar-refractivity contribution in [1.29, 1.82) is 0 Å². The quantitative estimate of drug-likeness (QED) is 0.395. The van der Waals surface area contributed by atoms with Crippen molar-refractivity contribution in [3.63, 3.8) is 0 Å². The average Bonchev–Trinajstić information content (AvgIpc) is 3.41. The molecule has 0 unspecified atom stereocenters. The van der Waals surface area contributed by atoms with E-state index in [-0.39, 0.29) is 37.2 Å². The van der Waals surface area contributed by atoms with Crippen LogP contribution in [-0.2, 0) is 23.7 Å². The van der Waals surface area contributed by atoms with Crippen LogP contribution in [0.4, 0.5) is 0 Å². The molecule has 9 heteroatoms. The van der Waals surface area contributed by atoms with Gasteiger partial charge in [0.25, 0.3) is 5.91 Å². The fraction of sp³-hybridized carbons (Fsp3) is 0.679.